The van der Waals surface area contributed by atoms with Gasteiger partial charge in [0.25, 0.3) is 0 Å². The molecule has 168 valence electrons. The Morgan fingerprint density at radius 2 is 1.97 bits per heavy atom. The van der Waals surface area contributed by atoms with E-state index < -0.39 is 6.18 Å². The highest BCUT2D eigenvalue weighted by atomic mass is 19.4. The predicted molar refractivity (Wildman–Crippen MR) is 113 cm³/mol. The minimum absolute atomic E-state index is 0.0455. The second-order valence-electron chi connectivity index (χ2n) is 9.09. The maximum Gasteiger partial charge on any atom is 0.412 e. The van der Waals surface area contributed by atoms with E-state index in [1.54, 1.807) is 13.8 Å². The molecular formula is C24H35F3N2O. The predicted octanol–water partition coefficient (Wildman–Crippen LogP) is 6.10. The monoisotopic (exact) mass is 424 g/mol. The second kappa shape index (κ2) is 9.82. The van der Waals surface area contributed by atoms with Crippen LogP contribution in [0, 0.1) is 0 Å². The van der Waals surface area contributed by atoms with Crippen molar-refractivity contribution in [1.82, 2.24) is 10.3 Å². The molecule has 0 radical (unpaired) electrons. The molecule has 1 aliphatic heterocycles. The zero-order valence-corrected chi connectivity index (χ0v) is 18.3. The maximum absolute atomic E-state index is 13.3. The molecule has 2 aliphatic rings. The average molecular weight is 425 g/mol. The highest BCUT2D eigenvalue weighted by Gasteiger charge is 2.48. The van der Waals surface area contributed by atoms with E-state index in [0.29, 0.717) is 18.5 Å². The summed E-state index contributed by atoms with van der Waals surface area (Å²) in [4.78, 5) is 4.69. The van der Waals surface area contributed by atoms with Crippen LogP contribution in [0.3, 0.4) is 0 Å². The molecule has 1 N–H and O–H groups in total. The number of aromatic nitrogens is 1. The van der Waals surface area contributed by atoms with Gasteiger partial charge in [-0.25, -0.2) is 0 Å². The van der Waals surface area contributed by atoms with E-state index in [-0.39, 0.29) is 29.6 Å². The van der Waals surface area contributed by atoms with Gasteiger partial charge in [-0.1, -0.05) is 37.8 Å². The second-order valence-corrected chi connectivity index (χ2v) is 9.09. The molecule has 1 aliphatic carbocycles. The largest absolute Gasteiger partial charge is 0.412 e. The van der Waals surface area contributed by atoms with Gasteiger partial charge < -0.3 is 10.1 Å². The number of nitrogens with zero attached hydrogens (tertiary/aromatic N) is 1. The first-order valence-electron chi connectivity index (χ1n) is 11.3. The normalized spacial score (nSPS) is 24.8. The quantitative estimate of drug-likeness (QED) is 0.404. The van der Waals surface area contributed by atoms with E-state index in [0.717, 1.165) is 44.4 Å². The molecule has 0 bridgehead atoms. The molecule has 1 spiro atoms. The molecule has 30 heavy (non-hydrogen) atoms. The number of rotatable bonds is 8. The zero-order chi connectivity index (χ0) is 21.7. The summed E-state index contributed by atoms with van der Waals surface area (Å²) in [7, 11) is 0. The van der Waals surface area contributed by atoms with Crippen molar-refractivity contribution in [1.29, 1.82) is 0 Å². The van der Waals surface area contributed by atoms with Gasteiger partial charge in [0.15, 0.2) is 0 Å². The summed E-state index contributed by atoms with van der Waals surface area (Å²) < 4.78 is 46.2. The van der Waals surface area contributed by atoms with E-state index in [9.17, 15) is 13.2 Å². The first-order valence-corrected chi connectivity index (χ1v) is 11.3. The van der Waals surface area contributed by atoms with E-state index in [1.807, 2.05) is 18.3 Å². The van der Waals surface area contributed by atoms with Gasteiger partial charge in [-0.05, 0) is 64.1 Å². The summed E-state index contributed by atoms with van der Waals surface area (Å²) in [6.45, 7) is 5.05. The molecule has 1 aromatic rings. The third kappa shape index (κ3) is 5.44. The third-order valence-electron chi connectivity index (χ3n) is 6.90. The lowest BCUT2D eigenvalue weighted by Gasteiger charge is -2.46. The van der Waals surface area contributed by atoms with Gasteiger partial charge in [0.05, 0.1) is 5.60 Å². The number of allylic oxidation sites excluding steroid dienone is 1. The van der Waals surface area contributed by atoms with Crippen LogP contribution >= 0.6 is 0 Å². The standard InChI is InChI=1S/C24H35F3N2O/c1-3-8-20(24(25,26)27)19(2)17-28-15-12-22(21-9-4-7-14-29-21)13-16-30-23(18-22)10-5-6-11-23/h4,7,9,14,28H,3,5-6,8,10-13,15-18H2,1-2H3/b20-19-. The smallest absolute Gasteiger partial charge is 0.375 e. The minimum atomic E-state index is -4.24. The average Bonchev–Trinajstić information content (AvgIpc) is 3.16. The van der Waals surface area contributed by atoms with Gasteiger partial charge in [0.2, 0.25) is 0 Å². The van der Waals surface area contributed by atoms with Gasteiger partial charge in [-0.3, -0.25) is 4.98 Å². The Hall–Kier alpha value is -1.40. The van der Waals surface area contributed by atoms with Gasteiger partial charge in [-0.2, -0.15) is 13.2 Å². The van der Waals surface area contributed by atoms with Gasteiger partial charge >= 0.3 is 6.18 Å². The molecule has 0 amide bonds. The number of nitrogens with one attached hydrogen (secondary N) is 1. The van der Waals surface area contributed by atoms with Crippen LogP contribution in [0.15, 0.2) is 35.5 Å². The summed E-state index contributed by atoms with van der Waals surface area (Å²) in [5.41, 5.74) is 0.986. The molecular weight excluding hydrogens is 389 g/mol. The number of hydrogen-bond donors (Lipinski definition) is 1. The van der Waals surface area contributed by atoms with Crippen molar-refractivity contribution in [2.75, 3.05) is 19.7 Å². The number of ether oxygens (including phenoxy) is 1. The molecule has 1 atom stereocenters. The molecule has 1 unspecified atom stereocenters. The summed E-state index contributed by atoms with van der Waals surface area (Å²) in [5, 5.41) is 3.29. The molecule has 1 aromatic heterocycles. The highest BCUT2D eigenvalue weighted by Crippen LogP contribution is 2.49. The number of hydrogen-bond acceptors (Lipinski definition) is 3. The van der Waals surface area contributed by atoms with Crippen molar-refractivity contribution >= 4 is 0 Å². The maximum atomic E-state index is 13.3. The zero-order valence-electron chi connectivity index (χ0n) is 18.3. The van der Waals surface area contributed by atoms with Crippen molar-refractivity contribution in [2.45, 2.75) is 88.8 Å². The van der Waals surface area contributed by atoms with Crippen LogP contribution in [0.5, 0.6) is 0 Å². The summed E-state index contributed by atoms with van der Waals surface area (Å²) >= 11 is 0. The lowest BCUT2D eigenvalue weighted by atomic mass is 9.68. The van der Waals surface area contributed by atoms with Crippen LogP contribution in [0.4, 0.5) is 13.2 Å². The van der Waals surface area contributed by atoms with Crippen molar-refractivity contribution in [3.05, 3.63) is 41.2 Å². The summed E-state index contributed by atoms with van der Waals surface area (Å²) in [6.07, 6.45) is 5.51. The van der Waals surface area contributed by atoms with Crippen molar-refractivity contribution in [3.8, 4) is 0 Å². The van der Waals surface area contributed by atoms with Crippen LogP contribution in [0.25, 0.3) is 0 Å². The van der Waals surface area contributed by atoms with E-state index >= 15 is 0 Å². The number of alkyl halides is 3. The lowest BCUT2D eigenvalue weighted by Crippen LogP contribution is -2.47. The molecule has 3 rings (SSSR count). The Morgan fingerprint density at radius 1 is 1.20 bits per heavy atom. The van der Waals surface area contributed by atoms with E-state index in [4.69, 9.17) is 4.74 Å². The molecule has 0 aromatic carbocycles. The fourth-order valence-electron chi connectivity index (χ4n) is 5.35. The Balaban J connectivity index is 1.69. The molecule has 1 saturated carbocycles. The van der Waals surface area contributed by atoms with Gasteiger partial charge in [0.1, 0.15) is 0 Å². The van der Waals surface area contributed by atoms with Crippen molar-refractivity contribution in [3.63, 3.8) is 0 Å². The summed E-state index contributed by atoms with van der Waals surface area (Å²) in [5.74, 6) is 0. The Morgan fingerprint density at radius 3 is 2.60 bits per heavy atom. The third-order valence-corrected chi connectivity index (χ3v) is 6.90. The van der Waals surface area contributed by atoms with E-state index in [1.165, 1.54) is 12.8 Å². The number of halogens is 3. The lowest BCUT2D eigenvalue weighted by molar-refractivity contribution is -0.104. The van der Waals surface area contributed by atoms with Gasteiger partial charge in [-0.15, -0.1) is 0 Å². The molecule has 3 nitrogen and oxygen atoms in total. The van der Waals surface area contributed by atoms with Crippen LogP contribution in [-0.4, -0.2) is 36.5 Å². The first-order chi connectivity index (χ1) is 14.3. The molecule has 1 saturated heterocycles. The first kappa shape index (κ1) is 23.3. The molecule has 2 heterocycles. The minimum Gasteiger partial charge on any atom is -0.375 e. The van der Waals surface area contributed by atoms with Crippen LogP contribution in [0.2, 0.25) is 0 Å². The van der Waals surface area contributed by atoms with Gasteiger partial charge in [0, 0.05) is 36.0 Å². The topological polar surface area (TPSA) is 34.2 Å². The number of pyridine rings is 1. The fourth-order valence-corrected chi connectivity index (χ4v) is 5.35. The summed E-state index contributed by atoms with van der Waals surface area (Å²) in [6, 6.07) is 6.06. The molecule has 2 fully saturated rings. The highest BCUT2D eigenvalue weighted by molar-refractivity contribution is 5.21. The Labute approximate surface area is 178 Å². The van der Waals surface area contributed by atoms with Crippen LogP contribution in [0.1, 0.15) is 77.3 Å². The van der Waals surface area contributed by atoms with Crippen LogP contribution < -0.4 is 5.32 Å². The molecule has 6 heteroatoms. The fraction of sp³-hybridized carbons (Fsp3) is 0.708. The van der Waals surface area contributed by atoms with Crippen molar-refractivity contribution in [2.24, 2.45) is 0 Å². The van der Waals surface area contributed by atoms with Crippen LogP contribution in [-0.2, 0) is 10.2 Å². The Kier molecular flexibility index (Phi) is 7.61. The van der Waals surface area contributed by atoms with Crippen molar-refractivity contribution < 1.29 is 17.9 Å². The Bertz CT molecular complexity index is 711. The SMILES string of the molecule is CCC/C(=C(\C)CNCCC1(c2ccccn2)CCOC2(CCCC2)C1)C(F)(F)F. The van der Waals surface area contributed by atoms with E-state index in [2.05, 4.69) is 16.4 Å².